The van der Waals surface area contributed by atoms with Crippen molar-refractivity contribution in [2.24, 2.45) is 0 Å². The number of halogens is 1. The van der Waals surface area contributed by atoms with Crippen molar-refractivity contribution in [2.75, 3.05) is 18.9 Å². The molecule has 1 fully saturated rings. The molecule has 0 aromatic carbocycles. The van der Waals surface area contributed by atoms with E-state index in [2.05, 4.69) is 26.2 Å². The average Bonchev–Trinajstić information content (AvgIpc) is 2.30. The van der Waals surface area contributed by atoms with Crippen molar-refractivity contribution in [1.82, 2.24) is 9.88 Å². The largest absolute Gasteiger partial charge is 0.365 e. The summed E-state index contributed by atoms with van der Waals surface area (Å²) in [5.41, 5.74) is 1.16. The summed E-state index contributed by atoms with van der Waals surface area (Å²) >= 11 is 3.53. The number of carbonyl (C=O) groups excluding carboxylic acids is 1. The fourth-order valence-electron chi connectivity index (χ4n) is 1.96. The van der Waals surface area contributed by atoms with E-state index in [1.54, 1.807) is 11.1 Å². The van der Waals surface area contributed by atoms with Crippen LogP contribution in [0.25, 0.3) is 0 Å². The first-order valence-corrected chi connectivity index (χ1v) is 6.49. The number of anilines is 1. The fourth-order valence-corrected chi connectivity index (χ4v) is 2.31. The zero-order valence-corrected chi connectivity index (χ0v) is 11.6. The molecule has 1 aromatic heterocycles. The lowest BCUT2D eigenvalue weighted by molar-refractivity contribution is -0.132. The van der Waals surface area contributed by atoms with E-state index < -0.39 is 0 Å². The summed E-state index contributed by atoms with van der Waals surface area (Å²) in [6.07, 6.45) is 3.27. The number of amides is 1. The Kier molecular flexibility index (Phi) is 3.66. The molecule has 1 N–H and O–H groups in total. The first-order chi connectivity index (χ1) is 8.08. The minimum absolute atomic E-state index is 0.222. The molecule has 1 amide bonds. The molecule has 1 saturated heterocycles. The molecule has 92 valence electrons. The third-order valence-corrected chi connectivity index (χ3v) is 4.05. The van der Waals surface area contributed by atoms with Gasteiger partial charge in [-0.3, -0.25) is 4.79 Å². The summed E-state index contributed by atoms with van der Waals surface area (Å²) in [4.78, 5) is 17.5. The number of likely N-dealkylation sites (tertiary alicyclic amines) is 1. The summed E-state index contributed by atoms with van der Waals surface area (Å²) in [7, 11) is 1.84. The van der Waals surface area contributed by atoms with Crippen LogP contribution >= 0.6 is 15.9 Å². The van der Waals surface area contributed by atoms with Gasteiger partial charge in [-0.25, -0.2) is 4.98 Å². The van der Waals surface area contributed by atoms with Gasteiger partial charge in [0.25, 0.3) is 0 Å². The van der Waals surface area contributed by atoms with E-state index in [9.17, 15) is 4.79 Å². The third kappa shape index (κ3) is 2.77. The zero-order chi connectivity index (χ0) is 12.4. The van der Waals surface area contributed by atoms with Gasteiger partial charge in [-0.15, -0.1) is 0 Å². The monoisotopic (exact) mass is 297 g/mol. The molecule has 1 unspecified atom stereocenters. The third-order valence-electron chi connectivity index (χ3n) is 3.05. The molecule has 0 radical (unpaired) electrons. The maximum Gasteiger partial charge on any atom is 0.222 e. The standard InChI is InChI=1S/C12H16BrN3O/c1-8-5-6-14-12(11(8)13)15-9-3-4-10(17)16(2)7-9/h5-6,9H,3-4,7H2,1-2H3,(H,14,15). The maximum absolute atomic E-state index is 11.4. The Morgan fingerprint density at radius 1 is 1.59 bits per heavy atom. The highest BCUT2D eigenvalue weighted by molar-refractivity contribution is 9.10. The highest BCUT2D eigenvalue weighted by Crippen LogP contribution is 2.25. The van der Waals surface area contributed by atoms with Gasteiger partial charge in [-0.2, -0.15) is 0 Å². The Bertz CT molecular complexity index is 436. The molecular weight excluding hydrogens is 282 g/mol. The van der Waals surface area contributed by atoms with Crippen molar-refractivity contribution in [1.29, 1.82) is 0 Å². The van der Waals surface area contributed by atoms with Crippen LogP contribution in [0.2, 0.25) is 0 Å². The first-order valence-electron chi connectivity index (χ1n) is 5.69. The Morgan fingerprint density at radius 3 is 3.06 bits per heavy atom. The lowest BCUT2D eigenvalue weighted by atomic mass is 10.1. The second-order valence-electron chi connectivity index (χ2n) is 4.44. The fraction of sp³-hybridized carbons (Fsp3) is 0.500. The highest BCUT2D eigenvalue weighted by atomic mass is 79.9. The predicted molar refractivity (Wildman–Crippen MR) is 71.0 cm³/mol. The van der Waals surface area contributed by atoms with Crippen molar-refractivity contribution in [3.63, 3.8) is 0 Å². The number of hydrogen-bond donors (Lipinski definition) is 1. The van der Waals surface area contributed by atoms with E-state index in [1.807, 2.05) is 20.0 Å². The number of rotatable bonds is 2. The number of likely N-dealkylation sites (N-methyl/N-ethyl adjacent to an activating group) is 1. The normalized spacial score (nSPS) is 20.5. The number of pyridine rings is 1. The van der Waals surface area contributed by atoms with Gasteiger partial charge in [0.15, 0.2) is 0 Å². The van der Waals surface area contributed by atoms with Gasteiger partial charge in [-0.05, 0) is 40.9 Å². The van der Waals surface area contributed by atoms with Crippen molar-refractivity contribution in [3.8, 4) is 0 Å². The lowest BCUT2D eigenvalue weighted by Crippen LogP contribution is -2.43. The molecule has 0 bridgehead atoms. The molecule has 5 heteroatoms. The molecule has 0 spiro atoms. The van der Waals surface area contributed by atoms with Crippen LogP contribution in [0.5, 0.6) is 0 Å². The van der Waals surface area contributed by atoms with Crippen molar-refractivity contribution >= 4 is 27.7 Å². The first kappa shape index (κ1) is 12.4. The van der Waals surface area contributed by atoms with Gasteiger partial charge >= 0.3 is 0 Å². The molecule has 2 rings (SSSR count). The van der Waals surface area contributed by atoms with Crippen LogP contribution in [0, 0.1) is 6.92 Å². The SMILES string of the molecule is Cc1ccnc(NC2CCC(=O)N(C)C2)c1Br. The number of piperidine rings is 1. The number of hydrogen-bond acceptors (Lipinski definition) is 3. The van der Waals surface area contributed by atoms with Gasteiger partial charge in [0, 0.05) is 32.3 Å². The molecule has 1 aromatic rings. The van der Waals surface area contributed by atoms with Crippen LogP contribution < -0.4 is 5.32 Å². The minimum atomic E-state index is 0.222. The number of carbonyl (C=O) groups is 1. The average molecular weight is 298 g/mol. The number of aryl methyl sites for hydroxylation is 1. The molecule has 1 aliphatic rings. The van der Waals surface area contributed by atoms with E-state index in [-0.39, 0.29) is 11.9 Å². The smallest absolute Gasteiger partial charge is 0.222 e. The van der Waals surface area contributed by atoms with E-state index in [4.69, 9.17) is 0 Å². The van der Waals surface area contributed by atoms with Crippen molar-refractivity contribution in [3.05, 3.63) is 22.3 Å². The van der Waals surface area contributed by atoms with Crippen molar-refractivity contribution in [2.45, 2.75) is 25.8 Å². The number of nitrogens with zero attached hydrogens (tertiary/aromatic N) is 2. The van der Waals surface area contributed by atoms with Crippen LogP contribution in [0.3, 0.4) is 0 Å². The van der Waals surface area contributed by atoms with Crippen molar-refractivity contribution < 1.29 is 4.79 Å². The van der Waals surface area contributed by atoms with Gasteiger partial charge < -0.3 is 10.2 Å². The summed E-state index contributed by atoms with van der Waals surface area (Å²) in [6.45, 7) is 2.77. The van der Waals surface area contributed by atoms with Gasteiger partial charge in [0.2, 0.25) is 5.91 Å². The molecule has 2 heterocycles. The summed E-state index contributed by atoms with van der Waals surface area (Å²) < 4.78 is 1.000. The molecule has 0 aliphatic carbocycles. The molecule has 1 atom stereocenters. The minimum Gasteiger partial charge on any atom is -0.365 e. The second kappa shape index (κ2) is 5.04. The summed E-state index contributed by atoms with van der Waals surface area (Å²) in [6, 6.07) is 2.24. The predicted octanol–water partition coefficient (Wildman–Crippen LogP) is 2.19. The van der Waals surface area contributed by atoms with Crippen LogP contribution in [-0.2, 0) is 4.79 Å². The molecule has 4 nitrogen and oxygen atoms in total. The van der Waals surface area contributed by atoms with E-state index >= 15 is 0 Å². The lowest BCUT2D eigenvalue weighted by Gasteiger charge is -2.30. The quantitative estimate of drug-likeness (QED) is 0.910. The Morgan fingerprint density at radius 2 is 2.35 bits per heavy atom. The van der Waals surface area contributed by atoms with E-state index in [0.29, 0.717) is 6.42 Å². The Hall–Kier alpha value is -1.10. The second-order valence-corrected chi connectivity index (χ2v) is 5.24. The van der Waals surface area contributed by atoms with Crippen LogP contribution in [0.1, 0.15) is 18.4 Å². The van der Waals surface area contributed by atoms with E-state index in [0.717, 1.165) is 28.8 Å². The molecule has 1 aliphatic heterocycles. The Balaban J connectivity index is 2.06. The number of aromatic nitrogens is 1. The highest BCUT2D eigenvalue weighted by Gasteiger charge is 2.23. The molecular formula is C12H16BrN3O. The van der Waals surface area contributed by atoms with Crippen LogP contribution in [-0.4, -0.2) is 35.4 Å². The number of nitrogens with one attached hydrogen (secondary N) is 1. The molecule has 0 saturated carbocycles. The summed E-state index contributed by atoms with van der Waals surface area (Å²) in [5.74, 6) is 1.08. The molecule has 17 heavy (non-hydrogen) atoms. The summed E-state index contributed by atoms with van der Waals surface area (Å²) in [5, 5.41) is 3.39. The van der Waals surface area contributed by atoms with Gasteiger partial charge in [0.1, 0.15) is 5.82 Å². The zero-order valence-electron chi connectivity index (χ0n) is 10.0. The maximum atomic E-state index is 11.4. The Labute approximate surface area is 110 Å². The van der Waals surface area contributed by atoms with Crippen LogP contribution in [0.4, 0.5) is 5.82 Å². The van der Waals surface area contributed by atoms with Crippen LogP contribution in [0.15, 0.2) is 16.7 Å². The topological polar surface area (TPSA) is 45.2 Å². The van der Waals surface area contributed by atoms with E-state index in [1.165, 1.54) is 0 Å². The van der Waals surface area contributed by atoms with Gasteiger partial charge in [-0.1, -0.05) is 0 Å². The van der Waals surface area contributed by atoms with Gasteiger partial charge in [0.05, 0.1) is 4.47 Å².